The summed E-state index contributed by atoms with van der Waals surface area (Å²) in [7, 11) is 0. The van der Waals surface area contributed by atoms with Gasteiger partial charge in [-0.25, -0.2) is 0 Å². The molecule has 0 aromatic heterocycles. The van der Waals surface area contributed by atoms with Crippen LogP contribution in [0.25, 0.3) is 0 Å². The Labute approximate surface area is 95.1 Å². The van der Waals surface area contributed by atoms with E-state index in [9.17, 15) is 15.3 Å². The minimum atomic E-state index is -1.01. The highest BCUT2D eigenvalue weighted by Crippen LogP contribution is 2.17. The van der Waals surface area contributed by atoms with Crippen molar-refractivity contribution in [2.24, 2.45) is 0 Å². The maximum absolute atomic E-state index is 9.69. The highest BCUT2D eigenvalue weighted by Gasteiger charge is 2.35. The fraction of sp³-hybridized carbons (Fsp3) is 1.00. The standard InChI is InChI=1S/C10H21NO3S/c1-6(2)15-4-3-7-9(13)10(14)8(12)5-11-7/h6-14H,3-5H2,1-2H3/t7-,8-,9+,10+/m1/s1. The fourth-order valence-electron chi connectivity index (χ4n) is 1.68. The Hall–Kier alpha value is 0.190. The molecular weight excluding hydrogens is 214 g/mol. The number of aliphatic hydroxyl groups excluding tert-OH is 3. The van der Waals surface area contributed by atoms with Gasteiger partial charge in [0.15, 0.2) is 0 Å². The molecule has 0 aromatic rings. The second-order valence-electron chi connectivity index (χ2n) is 4.27. The van der Waals surface area contributed by atoms with Gasteiger partial charge in [0.1, 0.15) is 6.10 Å². The van der Waals surface area contributed by atoms with Crippen LogP contribution in [-0.4, -0.2) is 57.2 Å². The van der Waals surface area contributed by atoms with E-state index in [2.05, 4.69) is 19.2 Å². The van der Waals surface area contributed by atoms with Gasteiger partial charge in [-0.1, -0.05) is 13.8 Å². The number of piperidine rings is 1. The first-order valence-electron chi connectivity index (χ1n) is 5.41. The van der Waals surface area contributed by atoms with E-state index >= 15 is 0 Å². The van der Waals surface area contributed by atoms with Crippen molar-refractivity contribution in [2.75, 3.05) is 12.3 Å². The minimum absolute atomic E-state index is 0.102. The van der Waals surface area contributed by atoms with E-state index in [1.807, 2.05) is 11.8 Å². The number of nitrogens with one attached hydrogen (secondary N) is 1. The quantitative estimate of drug-likeness (QED) is 0.532. The summed E-state index contributed by atoms with van der Waals surface area (Å²) in [5.41, 5.74) is 0. The Bertz CT molecular complexity index is 192. The molecule has 4 atom stereocenters. The van der Waals surface area contributed by atoms with Crippen molar-refractivity contribution in [2.45, 2.75) is 49.9 Å². The Balaban J connectivity index is 2.30. The second kappa shape index (κ2) is 6.06. The predicted molar refractivity (Wildman–Crippen MR) is 62.0 cm³/mol. The smallest absolute Gasteiger partial charge is 0.108 e. The summed E-state index contributed by atoms with van der Waals surface area (Å²) >= 11 is 1.83. The first-order valence-corrected chi connectivity index (χ1v) is 6.46. The SMILES string of the molecule is CC(C)SCC[C@H]1NC[C@@H](O)[C@H](O)[C@H]1O. The molecule has 1 saturated heterocycles. The van der Waals surface area contributed by atoms with Gasteiger partial charge in [0.05, 0.1) is 12.2 Å². The molecule has 15 heavy (non-hydrogen) atoms. The van der Waals surface area contributed by atoms with Crippen LogP contribution in [0.5, 0.6) is 0 Å². The zero-order valence-corrected chi connectivity index (χ0v) is 10.1. The van der Waals surface area contributed by atoms with Gasteiger partial charge in [0, 0.05) is 12.6 Å². The van der Waals surface area contributed by atoms with Crippen LogP contribution in [0.15, 0.2) is 0 Å². The topological polar surface area (TPSA) is 72.7 Å². The number of hydrogen-bond donors (Lipinski definition) is 4. The molecule has 0 unspecified atom stereocenters. The van der Waals surface area contributed by atoms with Crippen molar-refractivity contribution in [1.82, 2.24) is 5.32 Å². The summed E-state index contributed by atoms with van der Waals surface area (Å²) in [6, 6.07) is -0.102. The molecule has 4 nitrogen and oxygen atoms in total. The molecule has 1 heterocycles. The lowest BCUT2D eigenvalue weighted by Gasteiger charge is -2.36. The maximum Gasteiger partial charge on any atom is 0.108 e. The molecule has 0 aliphatic carbocycles. The molecule has 90 valence electrons. The Morgan fingerprint density at radius 2 is 1.93 bits per heavy atom. The van der Waals surface area contributed by atoms with E-state index in [1.54, 1.807) is 0 Å². The Morgan fingerprint density at radius 1 is 1.27 bits per heavy atom. The third-order valence-electron chi connectivity index (χ3n) is 2.63. The van der Waals surface area contributed by atoms with E-state index in [1.165, 1.54) is 0 Å². The van der Waals surface area contributed by atoms with Gasteiger partial charge >= 0.3 is 0 Å². The Morgan fingerprint density at radius 3 is 2.53 bits per heavy atom. The van der Waals surface area contributed by atoms with Crippen LogP contribution in [0.4, 0.5) is 0 Å². The summed E-state index contributed by atoms with van der Waals surface area (Å²) in [6.07, 6.45) is -1.91. The van der Waals surface area contributed by atoms with E-state index in [4.69, 9.17) is 0 Å². The third-order valence-corrected chi connectivity index (χ3v) is 3.76. The molecule has 1 aliphatic rings. The van der Waals surface area contributed by atoms with Crippen molar-refractivity contribution in [3.8, 4) is 0 Å². The van der Waals surface area contributed by atoms with Crippen molar-refractivity contribution >= 4 is 11.8 Å². The maximum atomic E-state index is 9.69. The van der Waals surface area contributed by atoms with Crippen LogP contribution in [0, 0.1) is 0 Å². The highest BCUT2D eigenvalue weighted by atomic mass is 32.2. The molecular formula is C10H21NO3S. The second-order valence-corrected chi connectivity index (χ2v) is 5.96. The summed E-state index contributed by atoms with van der Waals surface area (Å²) < 4.78 is 0. The molecule has 0 bridgehead atoms. The van der Waals surface area contributed by atoms with Crippen molar-refractivity contribution in [3.63, 3.8) is 0 Å². The van der Waals surface area contributed by atoms with E-state index in [0.29, 0.717) is 11.8 Å². The lowest BCUT2D eigenvalue weighted by molar-refractivity contribution is -0.0941. The van der Waals surface area contributed by atoms with Crippen LogP contribution >= 0.6 is 11.8 Å². The van der Waals surface area contributed by atoms with Crippen molar-refractivity contribution in [1.29, 1.82) is 0 Å². The summed E-state index contributed by atoms with van der Waals surface area (Å²) in [5.74, 6) is 0.954. The zero-order chi connectivity index (χ0) is 11.4. The first-order chi connectivity index (χ1) is 7.02. The van der Waals surface area contributed by atoms with Gasteiger partial charge in [0.2, 0.25) is 0 Å². The molecule has 0 amide bonds. The molecule has 0 aromatic carbocycles. The van der Waals surface area contributed by atoms with Crippen LogP contribution in [0.3, 0.4) is 0 Å². The van der Waals surface area contributed by atoms with Crippen LogP contribution in [0.2, 0.25) is 0 Å². The third kappa shape index (κ3) is 3.92. The lowest BCUT2D eigenvalue weighted by atomic mass is 9.94. The lowest BCUT2D eigenvalue weighted by Crippen LogP contribution is -2.59. The molecule has 0 saturated carbocycles. The van der Waals surface area contributed by atoms with E-state index < -0.39 is 18.3 Å². The molecule has 4 N–H and O–H groups in total. The van der Waals surface area contributed by atoms with Crippen LogP contribution < -0.4 is 5.32 Å². The summed E-state index contributed by atoms with van der Waals surface area (Å²) in [6.45, 7) is 4.62. The Kier molecular flexibility index (Phi) is 5.35. The number of aliphatic hydroxyl groups is 3. The molecule has 0 radical (unpaired) electrons. The molecule has 1 fully saturated rings. The average Bonchev–Trinajstić information content (AvgIpc) is 2.18. The van der Waals surface area contributed by atoms with Crippen LogP contribution in [-0.2, 0) is 0 Å². The highest BCUT2D eigenvalue weighted by molar-refractivity contribution is 7.99. The van der Waals surface area contributed by atoms with Crippen molar-refractivity contribution in [3.05, 3.63) is 0 Å². The predicted octanol–water partition coefficient (Wildman–Crippen LogP) is -0.427. The number of β-amino-alcohol motifs (C(OH)–C–C–N with tert-alkyl or cyclic N) is 1. The molecule has 0 spiro atoms. The van der Waals surface area contributed by atoms with E-state index in [-0.39, 0.29) is 6.04 Å². The number of hydrogen-bond acceptors (Lipinski definition) is 5. The minimum Gasteiger partial charge on any atom is -0.389 e. The number of thioether (sulfide) groups is 1. The van der Waals surface area contributed by atoms with E-state index in [0.717, 1.165) is 12.2 Å². The first kappa shape index (κ1) is 13.3. The molecule has 5 heteroatoms. The monoisotopic (exact) mass is 235 g/mol. The molecule has 1 aliphatic heterocycles. The number of rotatable bonds is 4. The van der Waals surface area contributed by atoms with Gasteiger partial charge in [-0.2, -0.15) is 11.8 Å². The van der Waals surface area contributed by atoms with Crippen molar-refractivity contribution < 1.29 is 15.3 Å². The fourth-order valence-corrected chi connectivity index (χ4v) is 2.54. The zero-order valence-electron chi connectivity index (χ0n) is 9.26. The van der Waals surface area contributed by atoms with Crippen LogP contribution in [0.1, 0.15) is 20.3 Å². The largest absolute Gasteiger partial charge is 0.389 e. The average molecular weight is 235 g/mol. The summed E-state index contributed by atoms with van der Waals surface area (Å²) in [4.78, 5) is 0. The normalized spacial score (nSPS) is 37.2. The van der Waals surface area contributed by atoms with Gasteiger partial charge in [-0.05, 0) is 17.4 Å². The van der Waals surface area contributed by atoms with Gasteiger partial charge in [-0.15, -0.1) is 0 Å². The van der Waals surface area contributed by atoms with Gasteiger partial charge < -0.3 is 20.6 Å². The van der Waals surface area contributed by atoms with Gasteiger partial charge in [0.25, 0.3) is 0 Å². The summed E-state index contributed by atoms with van der Waals surface area (Å²) in [5, 5.41) is 32.1. The van der Waals surface area contributed by atoms with Gasteiger partial charge in [-0.3, -0.25) is 0 Å². The molecule has 1 rings (SSSR count).